The van der Waals surface area contributed by atoms with Gasteiger partial charge in [-0.05, 0) is 122 Å². The molecule has 2 aliphatic carbocycles. The first-order chi connectivity index (χ1) is 20.6. The van der Waals surface area contributed by atoms with Gasteiger partial charge in [-0.2, -0.15) is 0 Å². The fourth-order valence-corrected chi connectivity index (χ4v) is 7.06. The van der Waals surface area contributed by atoms with Crippen LogP contribution in [0.2, 0.25) is 0 Å². The molecule has 0 bridgehead atoms. The Morgan fingerprint density at radius 3 is 1.53 bits per heavy atom. The van der Waals surface area contributed by atoms with Crippen LogP contribution in [-0.4, -0.2) is 0 Å². The Morgan fingerprint density at radius 2 is 1.07 bits per heavy atom. The summed E-state index contributed by atoms with van der Waals surface area (Å²) in [5.74, 6) is -6.29. The van der Waals surface area contributed by atoms with Crippen molar-refractivity contribution in [2.75, 3.05) is 0 Å². The van der Waals surface area contributed by atoms with Gasteiger partial charge in [0.25, 0.3) is 0 Å². The molecule has 2 fully saturated rings. The van der Waals surface area contributed by atoms with Gasteiger partial charge in [-0.25, -0.2) is 30.7 Å². The van der Waals surface area contributed by atoms with Crippen LogP contribution in [0.15, 0.2) is 54.4 Å². The van der Waals surface area contributed by atoms with Crippen molar-refractivity contribution in [1.29, 1.82) is 0 Å². The minimum Gasteiger partial charge on any atom is -0.209 e. The number of benzene rings is 3. The van der Waals surface area contributed by atoms with Gasteiger partial charge >= 0.3 is 0 Å². The van der Waals surface area contributed by atoms with Crippen LogP contribution < -0.4 is 0 Å². The zero-order valence-corrected chi connectivity index (χ0v) is 24.4. The molecule has 0 heterocycles. The summed E-state index contributed by atoms with van der Waals surface area (Å²) in [6.45, 7) is 1.59. The smallest absolute Gasteiger partial charge is 0.194 e. The lowest BCUT2D eigenvalue weighted by atomic mass is 9.73. The first-order valence-corrected chi connectivity index (χ1v) is 15.4. The number of hydrogen-bond acceptors (Lipinski definition) is 0. The van der Waals surface area contributed by atoms with Gasteiger partial charge in [0.2, 0.25) is 0 Å². The molecule has 230 valence electrons. The standard InChI is InChI=1S/C36H37F7/c1-2-29(37)35(42)26-15-13-24(14-16-26)23-9-5-21(6-10-23)3-4-22-7-11-25(12-8-22)27-17-30(38)34(31(39)18-27)28-19-32(40)36(43)33(41)20-28/h13-23,25H,2-12H2,1H3. The van der Waals surface area contributed by atoms with Gasteiger partial charge in [0.1, 0.15) is 17.5 Å². The van der Waals surface area contributed by atoms with Crippen molar-refractivity contribution in [3.8, 4) is 11.1 Å². The molecule has 7 heteroatoms. The van der Waals surface area contributed by atoms with E-state index >= 15 is 0 Å². The maximum absolute atomic E-state index is 14.9. The summed E-state index contributed by atoms with van der Waals surface area (Å²) in [6.07, 6.45) is 10.4. The van der Waals surface area contributed by atoms with E-state index in [0.29, 0.717) is 35.4 Å². The quantitative estimate of drug-likeness (QED) is 0.178. The zero-order chi connectivity index (χ0) is 30.7. The molecule has 0 aliphatic heterocycles. The number of halogens is 7. The molecule has 43 heavy (non-hydrogen) atoms. The largest absolute Gasteiger partial charge is 0.209 e. The van der Waals surface area contributed by atoms with Crippen LogP contribution in [0.4, 0.5) is 30.7 Å². The first kappa shape index (κ1) is 31.3. The molecule has 5 rings (SSSR count). The molecule has 3 aromatic carbocycles. The monoisotopic (exact) mass is 602 g/mol. The van der Waals surface area contributed by atoms with Gasteiger partial charge in [0.05, 0.1) is 5.56 Å². The molecule has 0 saturated heterocycles. The third-order valence-electron chi connectivity index (χ3n) is 9.67. The van der Waals surface area contributed by atoms with Gasteiger partial charge in [-0.3, -0.25) is 0 Å². The Balaban J connectivity index is 1.09. The highest BCUT2D eigenvalue weighted by Crippen LogP contribution is 2.42. The van der Waals surface area contributed by atoms with Crippen LogP contribution in [0.5, 0.6) is 0 Å². The average Bonchev–Trinajstić information content (AvgIpc) is 3.02. The second-order valence-corrected chi connectivity index (χ2v) is 12.3. The highest BCUT2D eigenvalue weighted by atomic mass is 19.2. The molecule has 2 saturated carbocycles. The van der Waals surface area contributed by atoms with E-state index in [1.54, 1.807) is 19.1 Å². The SMILES string of the molecule is CCC(F)=C(F)c1ccc(C2CCC(CCC3CCC(c4cc(F)c(-c5cc(F)c(F)c(F)c5)c(F)c4)CC3)CC2)cc1. The van der Waals surface area contributed by atoms with Gasteiger partial charge in [-0.15, -0.1) is 0 Å². The van der Waals surface area contributed by atoms with E-state index in [9.17, 15) is 30.7 Å². The van der Waals surface area contributed by atoms with Crippen molar-refractivity contribution < 1.29 is 30.7 Å². The molecule has 0 unspecified atom stereocenters. The van der Waals surface area contributed by atoms with Crippen LogP contribution >= 0.6 is 0 Å². The summed E-state index contributed by atoms with van der Waals surface area (Å²) in [5.41, 5.74) is 1.08. The van der Waals surface area contributed by atoms with Crippen molar-refractivity contribution in [2.45, 2.75) is 89.4 Å². The molecule has 0 amide bonds. The topological polar surface area (TPSA) is 0 Å². The predicted octanol–water partition coefficient (Wildman–Crippen LogP) is 12.1. The maximum atomic E-state index is 14.9. The van der Waals surface area contributed by atoms with Gasteiger partial charge in [-0.1, -0.05) is 44.0 Å². The molecule has 0 aromatic heterocycles. The molecular weight excluding hydrogens is 565 g/mol. The number of rotatable bonds is 8. The summed E-state index contributed by atoms with van der Waals surface area (Å²) in [5, 5.41) is 0. The van der Waals surface area contributed by atoms with Crippen molar-refractivity contribution in [2.24, 2.45) is 11.8 Å². The van der Waals surface area contributed by atoms with E-state index in [0.717, 1.165) is 64.2 Å². The molecule has 0 N–H and O–H groups in total. The molecular formula is C36H37F7. The van der Waals surface area contributed by atoms with Crippen molar-refractivity contribution in [3.63, 3.8) is 0 Å². The van der Waals surface area contributed by atoms with Gasteiger partial charge in [0, 0.05) is 5.56 Å². The van der Waals surface area contributed by atoms with Gasteiger partial charge < -0.3 is 0 Å². The minimum absolute atomic E-state index is 0.0141. The minimum atomic E-state index is -1.68. The molecule has 2 aliphatic rings. The lowest BCUT2D eigenvalue weighted by Crippen LogP contribution is -2.17. The zero-order valence-electron chi connectivity index (χ0n) is 24.4. The lowest BCUT2D eigenvalue weighted by Gasteiger charge is -2.32. The third kappa shape index (κ3) is 7.18. The van der Waals surface area contributed by atoms with Crippen molar-refractivity contribution in [1.82, 2.24) is 0 Å². The van der Waals surface area contributed by atoms with Gasteiger partial charge in [0.15, 0.2) is 23.3 Å². The molecule has 0 spiro atoms. The fourth-order valence-electron chi connectivity index (χ4n) is 7.06. The second-order valence-electron chi connectivity index (χ2n) is 12.3. The second kappa shape index (κ2) is 13.7. The first-order valence-electron chi connectivity index (χ1n) is 15.4. The van der Waals surface area contributed by atoms with E-state index < -0.39 is 46.3 Å². The predicted molar refractivity (Wildman–Crippen MR) is 156 cm³/mol. The van der Waals surface area contributed by atoms with Crippen molar-refractivity contribution >= 4 is 5.83 Å². The summed E-state index contributed by atoms with van der Waals surface area (Å²) < 4.78 is 98.2. The van der Waals surface area contributed by atoms with Crippen LogP contribution in [0.25, 0.3) is 17.0 Å². The number of allylic oxidation sites excluding steroid dienone is 1. The summed E-state index contributed by atoms with van der Waals surface area (Å²) in [4.78, 5) is 0. The Bertz CT molecular complexity index is 1400. The Morgan fingerprint density at radius 1 is 0.605 bits per heavy atom. The molecule has 0 nitrogen and oxygen atoms in total. The normalized spacial score (nSPS) is 23.3. The molecule has 3 aromatic rings. The molecule has 0 radical (unpaired) electrons. The third-order valence-corrected chi connectivity index (χ3v) is 9.67. The van der Waals surface area contributed by atoms with Crippen LogP contribution in [0.3, 0.4) is 0 Å². The van der Waals surface area contributed by atoms with E-state index in [1.165, 1.54) is 17.7 Å². The van der Waals surface area contributed by atoms with E-state index in [2.05, 4.69) is 0 Å². The van der Waals surface area contributed by atoms with Crippen molar-refractivity contribution in [3.05, 3.63) is 100 Å². The highest BCUT2D eigenvalue weighted by molar-refractivity contribution is 5.66. The Kier molecular flexibility index (Phi) is 9.98. The van der Waals surface area contributed by atoms with Crippen LogP contribution in [-0.2, 0) is 0 Å². The molecule has 0 atom stereocenters. The maximum Gasteiger partial charge on any atom is 0.194 e. The Hall–Kier alpha value is -3.09. The summed E-state index contributed by atoms with van der Waals surface area (Å²) in [6, 6.07) is 10.9. The fraction of sp³-hybridized carbons (Fsp3) is 0.444. The van der Waals surface area contributed by atoms with E-state index in [1.807, 2.05) is 12.1 Å². The van der Waals surface area contributed by atoms with Crippen LogP contribution in [0.1, 0.15) is 106 Å². The number of hydrogen-bond donors (Lipinski definition) is 0. The lowest BCUT2D eigenvalue weighted by molar-refractivity contribution is 0.252. The Labute approximate surface area is 249 Å². The van der Waals surface area contributed by atoms with E-state index in [4.69, 9.17) is 0 Å². The summed E-state index contributed by atoms with van der Waals surface area (Å²) >= 11 is 0. The average molecular weight is 603 g/mol. The summed E-state index contributed by atoms with van der Waals surface area (Å²) in [7, 11) is 0. The highest BCUT2D eigenvalue weighted by Gasteiger charge is 2.27. The van der Waals surface area contributed by atoms with E-state index in [-0.39, 0.29) is 23.5 Å². The van der Waals surface area contributed by atoms with Crippen LogP contribution in [0, 0.1) is 40.9 Å².